The molecule has 0 unspecified atom stereocenters. The lowest BCUT2D eigenvalue weighted by Gasteiger charge is -2.08. The van der Waals surface area contributed by atoms with Gasteiger partial charge in [0.25, 0.3) is 17.7 Å². The van der Waals surface area contributed by atoms with Crippen LogP contribution in [-0.4, -0.2) is 35.6 Å². The summed E-state index contributed by atoms with van der Waals surface area (Å²) in [4.78, 5) is 47.7. The molecule has 0 bridgehead atoms. The van der Waals surface area contributed by atoms with Crippen LogP contribution in [0.3, 0.4) is 0 Å². The second kappa shape index (κ2) is 6.20. The monoisotopic (exact) mass is 337 g/mol. The lowest BCUT2D eigenvalue weighted by Crippen LogP contribution is -2.24. The van der Waals surface area contributed by atoms with E-state index in [2.05, 4.69) is 5.32 Å². The van der Waals surface area contributed by atoms with Crippen molar-refractivity contribution in [3.8, 4) is 0 Å². The lowest BCUT2D eigenvalue weighted by atomic mass is 10.1. The minimum Gasteiger partial charge on any atom is -0.550 e. The molecule has 0 radical (unpaired) electrons. The zero-order chi connectivity index (χ0) is 18.1. The Bertz CT molecular complexity index is 902. The Labute approximate surface area is 142 Å². The van der Waals surface area contributed by atoms with Gasteiger partial charge in [0.1, 0.15) is 0 Å². The number of fused-ring (bicyclic) bond motifs is 1. The molecule has 0 fully saturated rings. The number of anilines is 1. The molecule has 2 aromatic carbocycles. The highest BCUT2D eigenvalue weighted by molar-refractivity contribution is 6.22. The molecular formula is C18H13N2O5-. The first kappa shape index (κ1) is 16.4. The van der Waals surface area contributed by atoms with Gasteiger partial charge in [-0.05, 0) is 35.9 Å². The molecule has 1 aliphatic heterocycles. The topological polar surface area (TPSA) is 107 Å². The second-order valence-electron chi connectivity index (χ2n) is 5.63. The van der Waals surface area contributed by atoms with Gasteiger partial charge in [0.05, 0.1) is 11.1 Å². The summed E-state index contributed by atoms with van der Waals surface area (Å²) in [6.45, 7) is 0. The van der Waals surface area contributed by atoms with Gasteiger partial charge in [0, 0.05) is 30.7 Å². The van der Waals surface area contributed by atoms with Gasteiger partial charge >= 0.3 is 0 Å². The number of rotatable bonds is 4. The Kier molecular flexibility index (Phi) is 4.06. The zero-order valence-electron chi connectivity index (χ0n) is 13.2. The maximum Gasteiger partial charge on any atom is 0.261 e. The van der Waals surface area contributed by atoms with E-state index in [1.807, 2.05) is 0 Å². The Morgan fingerprint density at radius 2 is 1.64 bits per heavy atom. The van der Waals surface area contributed by atoms with Crippen molar-refractivity contribution in [2.45, 2.75) is 6.42 Å². The van der Waals surface area contributed by atoms with Crippen molar-refractivity contribution >= 4 is 29.4 Å². The van der Waals surface area contributed by atoms with E-state index in [-0.39, 0.29) is 23.1 Å². The van der Waals surface area contributed by atoms with Crippen LogP contribution in [0.1, 0.15) is 36.6 Å². The van der Waals surface area contributed by atoms with Crippen LogP contribution in [0, 0.1) is 0 Å². The zero-order valence-corrected chi connectivity index (χ0v) is 13.2. The Morgan fingerprint density at radius 3 is 2.28 bits per heavy atom. The molecule has 7 nitrogen and oxygen atoms in total. The predicted molar refractivity (Wildman–Crippen MR) is 86.0 cm³/mol. The van der Waals surface area contributed by atoms with E-state index in [9.17, 15) is 24.3 Å². The summed E-state index contributed by atoms with van der Waals surface area (Å²) >= 11 is 0. The number of nitrogens with zero attached hydrogens (tertiary/aromatic N) is 1. The molecule has 0 spiro atoms. The van der Waals surface area contributed by atoms with Gasteiger partial charge in [-0.2, -0.15) is 0 Å². The van der Waals surface area contributed by atoms with Crippen molar-refractivity contribution in [1.82, 2.24) is 4.90 Å². The Morgan fingerprint density at radius 1 is 1.00 bits per heavy atom. The lowest BCUT2D eigenvalue weighted by molar-refractivity contribution is -0.304. The Hall–Kier alpha value is -3.48. The molecule has 0 saturated heterocycles. The van der Waals surface area contributed by atoms with Crippen LogP contribution in [0.2, 0.25) is 0 Å². The first-order valence-electron chi connectivity index (χ1n) is 7.43. The molecule has 0 atom stereocenters. The number of carbonyl (C=O) groups is 4. The van der Waals surface area contributed by atoms with Gasteiger partial charge in [-0.3, -0.25) is 19.3 Å². The number of amides is 3. The van der Waals surface area contributed by atoms with E-state index in [0.29, 0.717) is 11.3 Å². The third kappa shape index (κ3) is 3.12. The van der Waals surface area contributed by atoms with E-state index in [4.69, 9.17) is 0 Å². The summed E-state index contributed by atoms with van der Waals surface area (Å²) in [6, 6.07) is 10.6. The number of carboxylic acids is 1. The predicted octanol–water partition coefficient (Wildman–Crippen LogP) is 0.457. The fourth-order valence-corrected chi connectivity index (χ4v) is 2.58. The van der Waals surface area contributed by atoms with Crippen LogP contribution in [0.5, 0.6) is 0 Å². The molecule has 3 amide bonds. The van der Waals surface area contributed by atoms with Crippen molar-refractivity contribution in [2.24, 2.45) is 0 Å². The number of carboxylic acid groups (broad SMARTS) is 1. The quantitative estimate of drug-likeness (QED) is 0.816. The number of imide groups is 1. The van der Waals surface area contributed by atoms with Gasteiger partial charge in [-0.25, -0.2) is 0 Å². The summed E-state index contributed by atoms with van der Waals surface area (Å²) in [5.74, 6) is -2.46. The van der Waals surface area contributed by atoms with E-state index >= 15 is 0 Å². The minimum absolute atomic E-state index is 0.199. The minimum atomic E-state index is -1.18. The highest BCUT2D eigenvalue weighted by Crippen LogP contribution is 2.23. The van der Waals surface area contributed by atoms with Crippen LogP contribution in [0.15, 0.2) is 42.5 Å². The third-order valence-corrected chi connectivity index (χ3v) is 3.91. The molecule has 25 heavy (non-hydrogen) atoms. The van der Waals surface area contributed by atoms with Gasteiger partial charge < -0.3 is 15.2 Å². The molecule has 1 aliphatic rings. The third-order valence-electron chi connectivity index (χ3n) is 3.91. The van der Waals surface area contributed by atoms with Crippen molar-refractivity contribution in [3.05, 3.63) is 64.7 Å². The molecule has 3 rings (SSSR count). The highest BCUT2D eigenvalue weighted by Gasteiger charge is 2.33. The van der Waals surface area contributed by atoms with E-state index in [1.54, 1.807) is 24.3 Å². The van der Waals surface area contributed by atoms with Crippen LogP contribution < -0.4 is 10.4 Å². The van der Waals surface area contributed by atoms with Crippen molar-refractivity contribution < 1.29 is 24.3 Å². The first-order chi connectivity index (χ1) is 11.9. The van der Waals surface area contributed by atoms with Gasteiger partial charge in [0.15, 0.2) is 0 Å². The van der Waals surface area contributed by atoms with E-state index in [0.717, 1.165) is 4.90 Å². The molecule has 126 valence electrons. The fourth-order valence-electron chi connectivity index (χ4n) is 2.58. The van der Waals surface area contributed by atoms with Crippen molar-refractivity contribution in [3.63, 3.8) is 0 Å². The molecular weight excluding hydrogens is 324 g/mol. The molecule has 1 N–H and O–H groups in total. The van der Waals surface area contributed by atoms with Crippen LogP contribution in [0.4, 0.5) is 5.69 Å². The van der Waals surface area contributed by atoms with Gasteiger partial charge in [-0.1, -0.05) is 12.1 Å². The standard InChI is InChI=1S/C18H14N2O5/c1-20-17(24)13-7-4-11(9-14(13)18(20)25)16(23)19-12-5-2-10(3-6-12)8-15(21)22/h2-7,9H,8H2,1H3,(H,19,23)(H,21,22)/p-1. The van der Waals surface area contributed by atoms with Crippen molar-refractivity contribution in [2.75, 3.05) is 12.4 Å². The number of hydrogen-bond donors (Lipinski definition) is 1. The fraction of sp³-hybridized carbons (Fsp3) is 0.111. The molecule has 0 aliphatic carbocycles. The second-order valence-corrected chi connectivity index (χ2v) is 5.63. The van der Waals surface area contributed by atoms with Gasteiger partial charge in [0.2, 0.25) is 0 Å². The summed E-state index contributed by atoms with van der Waals surface area (Å²) in [6.07, 6.45) is -0.206. The number of aliphatic carboxylic acids is 1. The summed E-state index contributed by atoms with van der Waals surface area (Å²) in [7, 11) is 1.39. The van der Waals surface area contributed by atoms with E-state index < -0.39 is 23.7 Å². The van der Waals surface area contributed by atoms with Gasteiger partial charge in [-0.15, -0.1) is 0 Å². The number of hydrogen-bond acceptors (Lipinski definition) is 5. The molecule has 0 saturated carbocycles. The van der Waals surface area contributed by atoms with Crippen LogP contribution in [0.25, 0.3) is 0 Å². The maximum absolute atomic E-state index is 12.3. The smallest absolute Gasteiger partial charge is 0.261 e. The SMILES string of the molecule is CN1C(=O)c2ccc(C(=O)Nc3ccc(CC(=O)[O-])cc3)cc2C1=O. The average Bonchev–Trinajstić information content (AvgIpc) is 2.80. The first-order valence-corrected chi connectivity index (χ1v) is 7.43. The average molecular weight is 337 g/mol. The number of nitrogens with one attached hydrogen (secondary N) is 1. The molecule has 2 aromatic rings. The van der Waals surface area contributed by atoms with Crippen molar-refractivity contribution in [1.29, 1.82) is 0 Å². The summed E-state index contributed by atoms with van der Waals surface area (Å²) in [5, 5.41) is 13.2. The number of carbonyl (C=O) groups excluding carboxylic acids is 4. The van der Waals surface area contributed by atoms with E-state index in [1.165, 1.54) is 25.2 Å². The molecule has 7 heteroatoms. The normalized spacial score (nSPS) is 12.9. The number of benzene rings is 2. The molecule has 0 aromatic heterocycles. The van der Waals surface area contributed by atoms with Crippen LogP contribution in [-0.2, 0) is 11.2 Å². The summed E-state index contributed by atoms with van der Waals surface area (Å²) < 4.78 is 0. The Balaban J connectivity index is 1.77. The summed E-state index contributed by atoms with van der Waals surface area (Å²) in [5.41, 5.74) is 1.75. The maximum atomic E-state index is 12.3. The van der Waals surface area contributed by atoms with Crippen LogP contribution >= 0.6 is 0 Å². The highest BCUT2D eigenvalue weighted by atomic mass is 16.4. The molecule has 1 heterocycles. The largest absolute Gasteiger partial charge is 0.550 e.